The summed E-state index contributed by atoms with van der Waals surface area (Å²) in [7, 11) is 0. The van der Waals surface area contributed by atoms with E-state index in [9.17, 15) is 14.9 Å². The first kappa shape index (κ1) is 16.1. The molecule has 2 rings (SSSR count). The Morgan fingerprint density at radius 3 is 2.45 bits per heavy atom. The second kappa shape index (κ2) is 7.11. The fourth-order valence-corrected chi connectivity index (χ4v) is 1.85. The lowest BCUT2D eigenvalue weighted by Crippen LogP contribution is -2.17. The van der Waals surface area contributed by atoms with E-state index < -0.39 is 10.9 Å². The predicted octanol–water partition coefficient (Wildman–Crippen LogP) is 3.89. The largest absolute Gasteiger partial charge is 0.482 e. The molecule has 0 heterocycles. The molecule has 2 aromatic carbocycles. The minimum Gasteiger partial charge on any atom is -0.482 e. The van der Waals surface area contributed by atoms with Crippen LogP contribution in [0.5, 0.6) is 11.5 Å². The Morgan fingerprint density at radius 2 is 1.82 bits per heavy atom. The molecule has 0 saturated carbocycles. The summed E-state index contributed by atoms with van der Waals surface area (Å²) in [6.07, 6.45) is 0. The van der Waals surface area contributed by atoms with Crippen molar-refractivity contribution in [3.63, 3.8) is 0 Å². The van der Waals surface area contributed by atoms with Crippen LogP contribution in [0.2, 0.25) is 10.0 Å². The summed E-state index contributed by atoms with van der Waals surface area (Å²) in [6, 6.07) is 9.97. The molecular weight excluding hydrogens is 333 g/mol. The number of halogens is 2. The minimum absolute atomic E-state index is 0.0689. The molecule has 0 bridgehead atoms. The molecule has 0 spiro atoms. The number of nitro groups is 1. The van der Waals surface area contributed by atoms with E-state index in [1.165, 1.54) is 30.3 Å². The van der Waals surface area contributed by atoms with Crippen molar-refractivity contribution in [1.82, 2.24) is 0 Å². The molecule has 0 aliphatic heterocycles. The van der Waals surface area contributed by atoms with Crippen molar-refractivity contribution in [3.8, 4) is 11.5 Å². The number of hydrogen-bond donors (Lipinski definition) is 0. The monoisotopic (exact) mass is 341 g/mol. The molecule has 0 aliphatic rings. The van der Waals surface area contributed by atoms with Gasteiger partial charge in [0.1, 0.15) is 10.8 Å². The van der Waals surface area contributed by atoms with Gasteiger partial charge >= 0.3 is 5.97 Å². The molecular formula is C14H9Cl2NO5. The average molecular weight is 342 g/mol. The summed E-state index contributed by atoms with van der Waals surface area (Å²) in [4.78, 5) is 21.6. The maximum absolute atomic E-state index is 11.7. The molecule has 0 saturated heterocycles. The summed E-state index contributed by atoms with van der Waals surface area (Å²) in [5, 5.41) is 10.9. The smallest absolute Gasteiger partial charge is 0.349 e. The number of nitro benzene ring substituents is 1. The van der Waals surface area contributed by atoms with Crippen LogP contribution in [0.3, 0.4) is 0 Å². The third-order valence-corrected chi connectivity index (χ3v) is 3.35. The van der Waals surface area contributed by atoms with E-state index in [-0.39, 0.29) is 28.1 Å². The Balaban J connectivity index is 1.92. The van der Waals surface area contributed by atoms with E-state index in [0.29, 0.717) is 5.75 Å². The quantitative estimate of drug-likeness (QED) is 0.357. The van der Waals surface area contributed by atoms with Crippen LogP contribution >= 0.6 is 23.2 Å². The third-order valence-electron chi connectivity index (χ3n) is 2.54. The molecule has 0 atom stereocenters. The highest BCUT2D eigenvalue weighted by Crippen LogP contribution is 2.31. The summed E-state index contributed by atoms with van der Waals surface area (Å²) in [5.74, 6) is -0.242. The molecule has 6 nitrogen and oxygen atoms in total. The zero-order valence-corrected chi connectivity index (χ0v) is 12.5. The SMILES string of the molecule is O=C(COc1ccc([N+](=O)[O-])cc1)Oc1cccc(Cl)c1Cl. The lowest BCUT2D eigenvalue weighted by molar-refractivity contribution is -0.384. The van der Waals surface area contributed by atoms with E-state index in [4.69, 9.17) is 32.7 Å². The lowest BCUT2D eigenvalue weighted by Gasteiger charge is -2.08. The van der Waals surface area contributed by atoms with Crippen molar-refractivity contribution in [3.05, 3.63) is 62.6 Å². The number of carbonyl (C=O) groups is 1. The van der Waals surface area contributed by atoms with Crippen molar-refractivity contribution < 1.29 is 19.2 Å². The van der Waals surface area contributed by atoms with Crippen LogP contribution in [-0.2, 0) is 4.79 Å². The van der Waals surface area contributed by atoms with Crippen molar-refractivity contribution in [1.29, 1.82) is 0 Å². The zero-order chi connectivity index (χ0) is 16.1. The number of esters is 1. The van der Waals surface area contributed by atoms with E-state index in [2.05, 4.69) is 0 Å². The highest BCUT2D eigenvalue weighted by atomic mass is 35.5. The molecule has 8 heteroatoms. The van der Waals surface area contributed by atoms with Gasteiger partial charge in [-0.1, -0.05) is 29.3 Å². The molecule has 0 aliphatic carbocycles. The van der Waals surface area contributed by atoms with Gasteiger partial charge in [-0.15, -0.1) is 0 Å². The van der Waals surface area contributed by atoms with Gasteiger partial charge in [0, 0.05) is 12.1 Å². The fraction of sp³-hybridized carbons (Fsp3) is 0.0714. The molecule has 2 aromatic rings. The maximum Gasteiger partial charge on any atom is 0.349 e. The van der Waals surface area contributed by atoms with Crippen molar-refractivity contribution in [2.75, 3.05) is 6.61 Å². The second-order valence-electron chi connectivity index (χ2n) is 4.07. The first-order chi connectivity index (χ1) is 10.5. The number of benzene rings is 2. The molecule has 114 valence electrons. The van der Waals surface area contributed by atoms with Gasteiger partial charge in [0.25, 0.3) is 5.69 Å². The Labute approximate surface area is 135 Å². The zero-order valence-electron chi connectivity index (χ0n) is 11.0. The predicted molar refractivity (Wildman–Crippen MR) is 80.7 cm³/mol. The van der Waals surface area contributed by atoms with Crippen molar-refractivity contribution >= 4 is 34.9 Å². The first-order valence-corrected chi connectivity index (χ1v) is 6.75. The third kappa shape index (κ3) is 4.09. The molecule has 0 radical (unpaired) electrons. The highest BCUT2D eigenvalue weighted by molar-refractivity contribution is 6.43. The second-order valence-corrected chi connectivity index (χ2v) is 4.85. The summed E-state index contributed by atoms with van der Waals surface area (Å²) < 4.78 is 10.2. The van der Waals surface area contributed by atoms with E-state index in [1.54, 1.807) is 12.1 Å². The standard InChI is InChI=1S/C14H9Cl2NO5/c15-11-2-1-3-12(14(11)16)22-13(18)8-21-10-6-4-9(5-7-10)17(19)20/h1-7H,8H2. The van der Waals surface area contributed by atoms with Crippen molar-refractivity contribution in [2.45, 2.75) is 0 Å². The molecule has 0 unspecified atom stereocenters. The van der Waals surface area contributed by atoms with Gasteiger partial charge in [-0.05, 0) is 24.3 Å². The number of ether oxygens (including phenoxy) is 2. The number of nitrogens with zero attached hydrogens (tertiary/aromatic N) is 1. The number of non-ortho nitro benzene ring substituents is 1. The van der Waals surface area contributed by atoms with Crippen LogP contribution < -0.4 is 9.47 Å². The molecule has 0 fully saturated rings. The Hall–Kier alpha value is -2.31. The summed E-state index contributed by atoms with van der Waals surface area (Å²) >= 11 is 11.7. The Morgan fingerprint density at radius 1 is 1.14 bits per heavy atom. The van der Waals surface area contributed by atoms with E-state index in [0.717, 1.165) is 0 Å². The number of hydrogen-bond acceptors (Lipinski definition) is 5. The Bertz CT molecular complexity index is 703. The van der Waals surface area contributed by atoms with Gasteiger partial charge in [0.05, 0.1) is 9.95 Å². The van der Waals surface area contributed by atoms with Gasteiger partial charge in [0.2, 0.25) is 0 Å². The number of rotatable bonds is 5. The highest BCUT2D eigenvalue weighted by Gasteiger charge is 2.12. The van der Waals surface area contributed by atoms with Crippen LogP contribution in [0.4, 0.5) is 5.69 Å². The maximum atomic E-state index is 11.7. The minimum atomic E-state index is -0.678. The Kier molecular flexibility index (Phi) is 5.19. The molecule has 22 heavy (non-hydrogen) atoms. The summed E-state index contributed by atoms with van der Waals surface area (Å²) in [5.41, 5.74) is -0.0689. The lowest BCUT2D eigenvalue weighted by atomic mass is 10.3. The fourth-order valence-electron chi connectivity index (χ4n) is 1.52. The van der Waals surface area contributed by atoms with Crippen LogP contribution in [0, 0.1) is 10.1 Å². The normalized spacial score (nSPS) is 10.1. The van der Waals surface area contributed by atoms with Gasteiger partial charge in [0.15, 0.2) is 12.4 Å². The van der Waals surface area contributed by atoms with E-state index >= 15 is 0 Å². The van der Waals surface area contributed by atoms with Crippen LogP contribution in [0.15, 0.2) is 42.5 Å². The topological polar surface area (TPSA) is 78.7 Å². The van der Waals surface area contributed by atoms with Crippen LogP contribution in [-0.4, -0.2) is 17.5 Å². The van der Waals surface area contributed by atoms with Gasteiger partial charge in [-0.2, -0.15) is 0 Å². The van der Waals surface area contributed by atoms with E-state index in [1.807, 2.05) is 0 Å². The molecule has 0 aromatic heterocycles. The van der Waals surface area contributed by atoms with Crippen LogP contribution in [0.25, 0.3) is 0 Å². The first-order valence-electron chi connectivity index (χ1n) is 5.99. The average Bonchev–Trinajstić information content (AvgIpc) is 2.50. The number of carbonyl (C=O) groups excluding carboxylic acids is 1. The van der Waals surface area contributed by atoms with Gasteiger partial charge < -0.3 is 9.47 Å². The molecule has 0 N–H and O–H groups in total. The van der Waals surface area contributed by atoms with Gasteiger partial charge in [-0.25, -0.2) is 4.79 Å². The van der Waals surface area contributed by atoms with Crippen LogP contribution in [0.1, 0.15) is 0 Å². The van der Waals surface area contributed by atoms with Gasteiger partial charge in [-0.3, -0.25) is 10.1 Å². The molecule has 0 amide bonds. The summed E-state index contributed by atoms with van der Waals surface area (Å²) in [6.45, 7) is -0.374. The van der Waals surface area contributed by atoms with Crippen molar-refractivity contribution in [2.24, 2.45) is 0 Å².